The average Bonchev–Trinajstić information content (AvgIpc) is 2.60. The number of aryl methyl sites for hydroxylation is 1. The SMILES string of the molecule is CC(C)C[C@@H](C(=O)O)n1ncc(Oc2cccc3c2CCCC3)cc1=O. The molecule has 6 nitrogen and oxygen atoms in total. The van der Waals surface area contributed by atoms with E-state index in [0.29, 0.717) is 12.2 Å². The first-order chi connectivity index (χ1) is 12.5. The number of aliphatic carboxylic acids is 1. The van der Waals surface area contributed by atoms with Gasteiger partial charge in [-0.25, -0.2) is 9.48 Å². The molecule has 0 amide bonds. The van der Waals surface area contributed by atoms with Gasteiger partial charge in [0.1, 0.15) is 5.75 Å². The van der Waals surface area contributed by atoms with Crippen molar-refractivity contribution < 1.29 is 14.6 Å². The first-order valence-electron chi connectivity index (χ1n) is 9.06. The molecule has 0 radical (unpaired) electrons. The molecule has 0 saturated heterocycles. The van der Waals surface area contributed by atoms with Gasteiger partial charge < -0.3 is 9.84 Å². The Morgan fingerprint density at radius 3 is 2.77 bits per heavy atom. The molecule has 26 heavy (non-hydrogen) atoms. The van der Waals surface area contributed by atoms with E-state index in [9.17, 15) is 14.7 Å². The van der Waals surface area contributed by atoms with Crippen molar-refractivity contribution in [1.29, 1.82) is 0 Å². The predicted molar refractivity (Wildman–Crippen MR) is 97.8 cm³/mol. The van der Waals surface area contributed by atoms with Gasteiger partial charge >= 0.3 is 5.97 Å². The lowest BCUT2D eigenvalue weighted by atomic mass is 9.91. The van der Waals surface area contributed by atoms with Crippen molar-refractivity contribution in [2.24, 2.45) is 5.92 Å². The van der Waals surface area contributed by atoms with E-state index >= 15 is 0 Å². The van der Waals surface area contributed by atoms with Crippen LogP contribution in [-0.2, 0) is 17.6 Å². The monoisotopic (exact) mass is 356 g/mol. The van der Waals surface area contributed by atoms with E-state index in [1.165, 1.54) is 29.8 Å². The van der Waals surface area contributed by atoms with Gasteiger partial charge in [0.15, 0.2) is 11.8 Å². The molecule has 1 aliphatic carbocycles. The highest BCUT2D eigenvalue weighted by Gasteiger charge is 2.23. The number of hydrogen-bond acceptors (Lipinski definition) is 4. The molecule has 1 aromatic carbocycles. The molecule has 1 N–H and O–H groups in total. The van der Waals surface area contributed by atoms with E-state index < -0.39 is 17.6 Å². The van der Waals surface area contributed by atoms with E-state index in [4.69, 9.17) is 4.74 Å². The molecule has 6 heteroatoms. The van der Waals surface area contributed by atoms with Crippen molar-refractivity contribution in [3.63, 3.8) is 0 Å². The number of aromatic nitrogens is 2. The van der Waals surface area contributed by atoms with Crippen molar-refractivity contribution >= 4 is 5.97 Å². The molecule has 1 atom stereocenters. The highest BCUT2D eigenvalue weighted by atomic mass is 16.5. The minimum absolute atomic E-state index is 0.136. The van der Waals surface area contributed by atoms with Crippen LogP contribution in [0.15, 0.2) is 35.3 Å². The van der Waals surface area contributed by atoms with Crippen LogP contribution >= 0.6 is 0 Å². The molecular formula is C20H24N2O4. The van der Waals surface area contributed by atoms with E-state index in [0.717, 1.165) is 29.7 Å². The molecule has 0 saturated carbocycles. The second-order valence-corrected chi connectivity index (χ2v) is 7.16. The third kappa shape index (κ3) is 3.95. The zero-order valence-corrected chi connectivity index (χ0v) is 15.1. The highest BCUT2D eigenvalue weighted by Crippen LogP contribution is 2.32. The standard InChI is InChI=1S/C20H24N2O4/c1-13(2)10-17(20(24)25)22-19(23)11-15(12-21-22)26-18-9-5-7-14-6-3-4-8-16(14)18/h5,7,9,11-13,17H,3-4,6,8,10H2,1-2H3,(H,24,25)/t17-/m0/s1. The van der Waals surface area contributed by atoms with E-state index in [1.54, 1.807) is 0 Å². The van der Waals surface area contributed by atoms with E-state index in [1.807, 2.05) is 26.0 Å². The number of nitrogens with zero attached hydrogens (tertiary/aromatic N) is 2. The van der Waals surface area contributed by atoms with Gasteiger partial charge in [0.05, 0.1) is 6.20 Å². The Balaban J connectivity index is 1.87. The maximum atomic E-state index is 12.4. The molecule has 1 aromatic heterocycles. The fourth-order valence-corrected chi connectivity index (χ4v) is 3.41. The van der Waals surface area contributed by atoms with Gasteiger partial charge in [0, 0.05) is 6.07 Å². The minimum Gasteiger partial charge on any atom is -0.480 e. The van der Waals surface area contributed by atoms with Crippen LogP contribution in [0.4, 0.5) is 0 Å². The highest BCUT2D eigenvalue weighted by molar-refractivity contribution is 5.71. The number of carbonyl (C=O) groups is 1. The van der Waals surface area contributed by atoms with Crippen LogP contribution in [0.5, 0.6) is 11.5 Å². The molecule has 0 unspecified atom stereocenters. The predicted octanol–water partition coefficient (Wildman–Crippen LogP) is 3.59. The van der Waals surface area contributed by atoms with E-state index in [-0.39, 0.29) is 5.92 Å². The topological polar surface area (TPSA) is 81.4 Å². The first kappa shape index (κ1) is 18.2. The summed E-state index contributed by atoms with van der Waals surface area (Å²) >= 11 is 0. The summed E-state index contributed by atoms with van der Waals surface area (Å²) in [7, 11) is 0. The van der Waals surface area contributed by atoms with Crippen molar-refractivity contribution in [2.45, 2.75) is 52.0 Å². The number of carboxylic acid groups (broad SMARTS) is 1. The average molecular weight is 356 g/mol. The molecule has 0 aliphatic heterocycles. The second kappa shape index (κ2) is 7.72. The van der Waals surface area contributed by atoms with Gasteiger partial charge in [-0.1, -0.05) is 26.0 Å². The zero-order valence-electron chi connectivity index (χ0n) is 15.1. The molecule has 0 fully saturated rings. The van der Waals surface area contributed by atoms with Gasteiger partial charge in [-0.2, -0.15) is 5.10 Å². The summed E-state index contributed by atoms with van der Waals surface area (Å²) in [6, 6.07) is 6.30. The van der Waals surface area contributed by atoms with Crippen LogP contribution in [-0.4, -0.2) is 20.9 Å². The van der Waals surface area contributed by atoms with Crippen LogP contribution in [0, 0.1) is 5.92 Å². The Bertz CT molecular complexity index is 857. The Labute approximate surface area is 152 Å². The number of benzene rings is 1. The normalized spacial score (nSPS) is 14.7. The minimum atomic E-state index is -1.06. The summed E-state index contributed by atoms with van der Waals surface area (Å²) < 4.78 is 6.93. The van der Waals surface area contributed by atoms with E-state index in [2.05, 4.69) is 11.2 Å². The van der Waals surface area contributed by atoms with Crippen LogP contribution in [0.3, 0.4) is 0 Å². The molecule has 0 spiro atoms. The second-order valence-electron chi connectivity index (χ2n) is 7.16. The van der Waals surface area contributed by atoms with Crippen molar-refractivity contribution in [3.8, 4) is 11.5 Å². The number of fused-ring (bicyclic) bond motifs is 1. The molecule has 2 aromatic rings. The fraction of sp³-hybridized carbons (Fsp3) is 0.450. The summed E-state index contributed by atoms with van der Waals surface area (Å²) in [6.07, 6.45) is 6.07. The van der Waals surface area contributed by atoms with Gasteiger partial charge in [-0.15, -0.1) is 0 Å². The van der Waals surface area contributed by atoms with Crippen LogP contribution in [0.1, 0.15) is 50.3 Å². The van der Waals surface area contributed by atoms with Crippen LogP contribution < -0.4 is 10.3 Å². The van der Waals surface area contributed by atoms with Crippen molar-refractivity contribution in [2.75, 3.05) is 0 Å². The molecule has 138 valence electrons. The third-order valence-corrected chi connectivity index (χ3v) is 4.66. The fourth-order valence-electron chi connectivity index (χ4n) is 3.41. The molecule has 1 aliphatic rings. The number of ether oxygens (including phenoxy) is 1. The first-order valence-corrected chi connectivity index (χ1v) is 9.06. The third-order valence-electron chi connectivity index (χ3n) is 4.66. The Morgan fingerprint density at radius 2 is 2.08 bits per heavy atom. The van der Waals surface area contributed by atoms with Crippen LogP contribution in [0.25, 0.3) is 0 Å². The summed E-state index contributed by atoms with van der Waals surface area (Å²) in [4.78, 5) is 23.9. The van der Waals surface area contributed by atoms with Crippen LogP contribution in [0.2, 0.25) is 0 Å². The van der Waals surface area contributed by atoms with Gasteiger partial charge in [0.25, 0.3) is 5.56 Å². The molecule has 1 heterocycles. The quantitative estimate of drug-likeness (QED) is 0.855. The maximum Gasteiger partial charge on any atom is 0.328 e. The number of hydrogen-bond donors (Lipinski definition) is 1. The smallest absolute Gasteiger partial charge is 0.328 e. The maximum absolute atomic E-state index is 12.4. The van der Waals surface area contributed by atoms with Crippen molar-refractivity contribution in [1.82, 2.24) is 9.78 Å². The molecule has 3 rings (SSSR count). The Hall–Kier alpha value is -2.63. The van der Waals surface area contributed by atoms with Gasteiger partial charge in [-0.05, 0) is 55.2 Å². The summed E-state index contributed by atoms with van der Waals surface area (Å²) in [5.41, 5.74) is 2.00. The number of rotatable bonds is 6. The molecular weight excluding hydrogens is 332 g/mol. The lowest BCUT2D eigenvalue weighted by molar-refractivity contribution is -0.141. The summed E-state index contributed by atoms with van der Waals surface area (Å²) in [5, 5.41) is 13.5. The Kier molecular flexibility index (Phi) is 5.40. The van der Waals surface area contributed by atoms with Crippen molar-refractivity contribution in [3.05, 3.63) is 51.9 Å². The lowest BCUT2D eigenvalue weighted by Crippen LogP contribution is -2.32. The Morgan fingerprint density at radius 1 is 1.31 bits per heavy atom. The lowest BCUT2D eigenvalue weighted by Gasteiger charge is -2.19. The zero-order chi connectivity index (χ0) is 18.7. The largest absolute Gasteiger partial charge is 0.480 e. The number of carboxylic acids is 1. The molecule has 0 bridgehead atoms. The summed E-state index contributed by atoms with van der Waals surface area (Å²) in [6.45, 7) is 3.83. The summed E-state index contributed by atoms with van der Waals surface area (Å²) in [5.74, 6) is 0.160. The van der Waals surface area contributed by atoms with Gasteiger partial charge in [0.2, 0.25) is 0 Å². The van der Waals surface area contributed by atoms with Gasteiger partial charge in [-0.3, -0.25) is 4.79 Å².